The molecule has 0 unspecified atom stereocenters. The zero-order chi connectivity index (χ0) is 13.4. The van der Waals surface area contributed by atoms with E-state index in [1.165, 1.54) is 0 Å². The van der Waals surface area contributed by atoms with Crippen molar-refractivity contribution in [3.8, 4) is 0 Å². The first-order valence-electron chi connectivity index (χ1n) is 6.39. The molecule has 0 aromatic carbocycles. The van der Waals surface area contributed by atoms with Gasteiger partial charge in [0.05, 0.1) is 13.2 Å². The normalized spacial score (nSPS) is 18.1. The molecule has 0 N–H and O–H groups in total. The van der Waals surface area contributed by atoms with E-state index in [4.69, 9.17) is 4.74 Å². The maximum Gasteiger partial charge on any atom is 0.320 e. The third kappa shape index (κ3) is 5.93. The van der Waals surface area contributed by atoms with E-state index in [0.717, 1.165) is 32.7 Å². The molecule has 1 fully saturated rings. The molecule has 0 aromatic rings. The fraction of sp³-hybridized carbons (Fsp3) is 0.692. The summed E-state index contributed by atoms with van der Waals surface area (Å²) in [5.74, 6) is -0.0710. The molecule has 0 saturated carbocycles. The topological polar surface area (TPSA) is 49.9 Å². The highest BCUT2D eigenvalue weighted by Gasteiger charge is 2.18. The van der Waals surface area contributed by atoms with E-state index in [2.05, 4.69) is 9.80 Å². The van der Waals surface area contributed by atoms with E-state index >= 15 is 0 Å². The molecule has 1 aliphatic rings. The van der Waals surface area contributed by atoms with E-state index in [0.29, 0.717) is 13.2 Å². The number of allylic oxidation sites excluding steroid dienone is 1. The molecular formula is C13H22N2O3. The Morgan fingerprint density at radius 2 is 1.78 bits per heavy atom. The zero-order valence-electron chi connectivity index (χ0n) is 11.2. The van der Waals surface area contributed by atoms with Gasteiger partial charge >= 0.3 is 5.97 Å². The van der Waals surface area contributed by atoms with E-state index < -0.39 is 0 Å². The van der Waals surface area contributed by atoms with E-state index in [1.54, 1.807) is 13.0 Å². The molecule has 1 rings (SSSR count). The first-order chi connectivity index (χ1) is 8.61. The minimum Gasteiger partial charge on any atom is -0.465 e. The lowest BCUT2D eigenvalue weighted by Gasteiger charge is -2.33. The maximum atomic E-state index is 11.3. The van der Waals surface area contributed by atoms with Crippen LogP contribution in [0.15, 0.2) is 12.2 Å². The molecule has 0 bridgehead atoms. The van der Waals surface area contributed by atoms with Gasteiger partial charge in [-0.1, -0.05) is 6.08 Å². The van der Waals surface area contributed by atoms with E-state index in [-0.39, 0.29) is 11.8 Å². The highest BCUT2D eigenvalue weighted by atomic mass is 16.5. The predicted octanol–water partition coefficient (Wildman–Crippen LogP) is 0.312. The van der Waals surface area contributed by atoms with Crippen molar-refractivity contribution in [2.75, 3.05) is 45.9 Å². The van der Waals surface area contributed by atoms with Crippen LogP contribution in [0.2, 0.25) is 0 Å². The number of nitrogens with zero attached hydrogens (tertiary/aromatic N) is 2. The van der Waals surface area contributed by atoms with Crippen LogP contribution in [-0.2, 0) is 14.3 Å². The molecule has 0 amide bonds. The number of rotatable bonds is 6. The van der Waals surface area contributed by atoms with Crippen molar-refractivity contribution in [2.24, 2.45) is 0 Å². The molecule has 0 aromatic heterocycles. The summed E-state index contributed by atoms with van der Waals surface area (Å²) in [5.41, 5.74) is 0. The van der Waals surface area contributed by atoms with Crippen LogP contribution < -0.4 is 0 Å². The molecule has 18 heavy (non-hydrogen) atoms. The first kappa shape index (κ1) is 14.9. The third-order valence-electron chi connectivity index (χ3n) is 2.84. The number of hydrogen-bond donors (Lipinski definition) is 0. The second-order valence-electron chi connectivity index (χ2n) is 4.39. The molecule has 1 aliphatic heterocycles. The summed E-state index contributed by atoms with van der Waals surface area (Å²) in [6, 6.07) is 0. The summed E-state index contributed by atoms with van der Waals surface area (Å²) in [5, 5.41) is 0. The van der Waals surface area contributed by atoms with Gasteiger partial charge in [-0.25, -0.2) is 0 Å². The molecule has 0 aliphatic carbocycles. The Kier molecular flexibility index (Phi) is 6.60. The molecule has 1 saturated heterocycles. The van der Waals surface area contributed by atoms with Crippen LogP contribution in [0.5, 0.6) is 0 Å². The highest BCUT2D eigenvalue weighted by molar-refractivity contribution is 5.87. The first-order valence-corrected chi connectivity index (χ1v) is 6.39. The summed E-state index contributed by atoms with van der Waals surface area (Å²) < 4.78 is 4.92. The van der Waals surface area contributed by atoms with Gasteiger partial charge in [0.15, 0.2) is 5.78 Å². The van der Waals surface area contributed by atoms with Crippen molar-refractivity contribution in [3.05, 3.63) is 12.2 Å². The second-order valence-corrected chi connectivity index (χ2v) is 4.39. The fourth-order valence-electron chi connectivity index (χ4n) is 1.89. The Bertz CT molecular complexity index is 307. The predicted molar refractivity (Wildman–Crippen MR) is 69.3 cm³/mol. The Hall–Kier alpha value is -1.20. The third-order valence-corrected chi connectivity index (χ3v) is 2.84. The number of piperazine rings is 1. The number of carbonyl (C=O) groups is 2. The molecule has 1 heterocycles. The lowest BCUT2D eigenvalue weighted by atomic mass is 10.3. The van der Waals surface area contributed by atoms with Crippen LogP contribution in [0.4, 0.5) is 0 Å². The SMILES string of the molecule is CCOC(=O)CN1CCN(C/C=C/C(C)=O)CC1. The van der Waals surface area contributed by atoms with Crippen molar-refractivity contribution in [3.63, 3.8) is 0 Å². The standard InChI is InChI=1S/C13H22N2O3/c1-3-18-13(17)11-15-9-7-14(8-10-15)6-4-5-12(2)16/h4-5H,3,6-11H2,1-2H3/b5-4+. The molecule has 5 heteroatoms. The summed E-state index contributed by atoms with van der Waals surface area (Å²) in [4.78, 5) is 26.4. The van der Waals surface area contributed by atoms with Crippen LogP contribution in [0, 0.1) is 0 Å². The van der Waals surface area contributed by atoms with Gasteiger partial charge in [-0.05, 0) is 19.9 Å². The van der Waals surface area contributed by atoms with E-state index in [1.807, 2.05) is 13.0 Å². The van der Waals surface area contributed by atoms with E-state index in [9.17, 15) is 9.59 Å². The van der Waals surface area contributed by atoms with Gasteiger partial charge in [0.25, 0.3) is 0 Å². The molecule has 0 spiro atoms. The molecule has 5 nitrogen and oxygen atoms in total. The average Bonchev–Trinajstić information content (AvgIpc) is 2.31. The monoisotopic (exact) mass is 254 g/mol. The summed E-state index contributed by atoms with van der Waals surface area (Å²) >= 11 is 0. The smallest absolute Gasteiger partial charge is 0.320 e. The van der Waals surface area contributed by atoms with Crippen molar-refractivity contribution in [1.82, 2.24) is 9.80 Å². The number of ether oxygens (including phenoxy) is 1. The van der Waals surface area contributed by atoms with Crippen LogP contribution in [-0.4, -0.2) is 67.4 Å². The number of hydrogen-bond acceptors (Lipinski definition) is 5. The highest BCUT2D eigenvalue weighted by Crippen LogP contribution is 2.01. The Balaban J connectivity index is 2.20. The lowest BCUT2D eigenvalue weighted by Crippen LogP contribution is -2.48. The van der Waals surface area contributed by atoms with Crippen molar-refractivity contribution < 1.29 is 14.3 Å². The van der Waals surface area contributed by atoms with Crippen LogP contribution in [0.25, 0.3) is 0 Å². The molecule has 0 atom stereocenters. The van der Waals surface area contributed by atoms with Gasteiger partial charge in [0.2, 0.25) is 0 Å². The van der Waals surface area contributed by atoms with Gasteiger partial charge < -0.3 is 4.74 Å². The number of carbonyl (C=O) groups excluding carboxylic acids is 2. The largest absolute Gasteiger partial charge is 0.465 e. The Morgan fingerprint density at radius 1 is 1.17 bits per heavy atom. The van der Waals surface area contributed by atoms with Crippen molar-refractivity contribution in [1.29, 1.82) is 0 Å². The Labute approximate surface area is 108 Å². The van der Waals surface area contributed by atoms with Gasteiger partial charge in [-0.2, -0.15) is 0 Å². The van der Waals surface area contributed by atoms with Gasteiger partial charge in [-0.15, -0.1) is 0 Å². The number of ketones is 1. The number of esters is 1. The molecular weight excluding hydrogens is 232 g/mol. The quantitative estimate of drug-likeness (QED) is 0.504. The van der Waals surface area contributed by atoms with Crippen molar-refractivity contribution in [2.45, 2.75) is 13.8 Å². The van der Waals surface area contributed by atoms with Gasteiger partial charge in [-0.3, -0.25) is 19.4 Å². The summed E-state index contributed by atoms with van der Waals surface area (Å²) in [6.45, 7) is 8.56. The fourth-order valence-corrected chi connectivity index (χ4v) is 1.89. The molecule has 0 radical (unpaired) electrons. The summed E-state index contributed by atoms with van der Waals surface area (Å²) in [7, 11) is 0. The van der Waals surface area contributed by atoms with Crippen LogP contribution in [0.1, 0.15) is 13.8 Å². The van der Waals surface area contributed by atoms with Gasteiger partial charge in [0.1, 0.15) is 0 Å². The average molecular weight is 254 g/mol. The van der Waals surface area contributed by atoms with Crippen LogP contribution in [0.3, 0.4) is 0 Å². The molecule has 102 valence electrons. The van der Waals surface area contributed by atoms with Gasteiger partial charge in [0, 0.05) is 32.7 Å². The van der Waals surface area contributed by atoms with Crippen molar-refractivity contribution >= 4 is 11.8 Å². The summed E-state index contributed by atoms with van der Waals surface area (Å²) in [6.07, 6.45) is 3.49. The Morgan fingerprint density at radius 3 is 2.33 bits per heavy atom. The van der Waals surface area contributed by atoms with Crippen LogP contribution >= 0.6 is 0 Å². The zero-order valence-corrected chi connectivity index (χ0v) is 11.2. The lowest BCUT2D eigenvalue weighted by molar-refractivity contribution is -0.144. The minimum absolute atomic E-state index is 0.0796. The second kappa shape index (κ2) is 8.00. The maximum absolute atomic E-state index is 11.3. The minimum atomic E-state index is -0.151.